The van der Waals surface area contributed by atoms with Crippen LogP contribution in [0.15, 0.2) is 48.8 Å². The number of hydrogen-bond donors (Lipinski definition) is 0. The molecule has 0 spiro atoms. The van der Waals surface area contributed by atoms with Gasteiger partial charge in [0.1, 0.15) is 0 Å². The van der Waals surface area contributed by atoms with Gasteiger partial charge in [-0.3, -0.25) is 4.68 Å². The maximum atomic E-state index is 4.30. The molecule has 2 heteroatoms. The first-order valence-corrected chi connectivity index (χ1v) is 5.25. The van der Waals surface area contributed by atoms with E-state index in [1.165, 1.54) is 5.56 Å². The van der Waals surface area contributed by atoms with E-state index >= 15 is 0 Å². The lowest BCUT2D eigenvalue weighted by atomic mass is 10.0. The van der Waals surface area contributed by atoms with Crippen molar-refractivity contribution in [2.24, 2.45) is 0 Å². The van der Waals surface area contributed by atoms with Crippen LogP contribution < -0.4 is 0 Å². The second-order valence-corrected chi connectivity index (χ2v) is 3.55. The average molecular weight is 199 g/mol. The molecule has 0 saturated heterocycles. The highest BCUT2D eigenvalue weighted by atomic mass is 15.3. The van der Waals surface area contributed by atoms with Gasteiger partial charge in [-0.1, -0.05) is 43.7 Å². The Labute approximate surface area is 90.6 Å². The lowest BCUT2D eigenvalue weighted by molar-refractivity contribution is 0.493. The predicted molar refractivity (Wildman–Crippen MR) is 61.4 cm³/mol. The normalized spacial score (nSPS) is 12.6. The Balaban J connectivity index is 2.28. The fourth-order valence-corrected chi connectivity index (χ4v) is 1.79. The molecule has 0 amide bonds. The van der Waals surface area contributed by atoms with Crippen LogP contribution in [0.3, 0.4) is 0 Å². The molecule has 0 aliphatic carbocycles. The van der Waals surface area contributed by atoms with Crippen LogP contribution in [-0.2, 0) is 0 Å². The third-order valence-electron chi connectivity index (χ3n) is 2.51. The highest BCUT2D eigenvalue weighted by Gasteiger charge is 2.11. The largest absolute Gasteiger partial charge is 0.265 e. The summed E-state index contributed by atoms with van der Waals surface area (Å²) in [6.45, 7) is 3.92. The van der Waals surface area contributed by atoms with Gasteiger partial charge >= 0.3 is 0 Å². The molecule has 2 nitrogen and oxygen atoms in total. The summed E-state index contributed by atoms with van der Waals surface area (Å²) in [7, 11) is 0. The van der Waals surface area contributed by atoms with Crippen molar-refractivity contribution < 1.29 is 0 Å². The summed E-state index contributed by atoms with van der Waals surface area (Å²) in [6.07, 6.45) is 5.76. The molecular weight excluding hydrogens is 184 g/mol. The van der Waals surface area contributed by atoms with Crippen molar-refractivity contribution in [2.45, 2.75) is 18.9 Å². The maximum absolute atomic E-state index is 4.30. The van der Waals surface area contributed by atoms with Crippen molar-refractivity contribution in [1.82, 2.24) is 9.78 Å². The predicted octanol–water partition coefficient (Wildman–Crippen LogP) is 3.09. The van der Waals surface area contributed by atoms with E-state index in [4.69, 9.17) is 0 Å². The number of rotatable bonds is 4. The lowest BCUT2D eigenvalue weighted by Gasteiger charge is -2.17. The second kappa shape index (κ2) is 4.78. The fraction of sp³-hybridized carbons (Fsp3) is 0.231. The molecule has 1 heterocycles. The van der Waals surface area contributed by atoms with E-state index < -0.39 is 0 Å². The Morgan fingerprint density at radius 1 is 1.20 bits per heavy atom. The van der Waals surface area contributed by atoms with Crippen molar-refractivity contribution in [1.29, 1.82) is 0 Å². The van der Waals surface area contributed by atoms with Crippen molar-refractivity contribution >= 4 is 0 Å². The molecule has 15 heavy (non-hydrogen) atoms. The van der Waals surface area contributed by atoms with Crippen LogP contribution >= 0.6 is 0 Å². The Morgan fingerprint density at radius 3 is 2.60 bits per heavy atom. The van der Waals surface area contributed by atoms with Gasteiger partial charge in [0, 0.05) is 12.4 Å². The van der Waals surface area contributed by atoms with E-state index in [0.29, 0.717) is 6.04 Å². The quantitative estimate of drug-likeness (QED) is 0.740. The Kier molecular flexibility index (Phi) is 3.18. The molecule has 0 aliphatic rings. The van der Waals surface area contributed by atoms with Gasteiger partial charge in [-0.05, 0) is 18.1 Å². The summed E-state index contributed by atoms with van der Waals surface area (Å²) < 4.78 is 2.00. The molecule has 0 N–H and O–H groups in total. The molecule has 1 atom stereocenters. The second-order valence-electron chi connectivity index (χ2n) is 3.55. The average Bonchev–Trinajstić information content (AvgIpc) is 2.80. The van der Waals surface area contributed by atoms with E-state index in [-0.39, 0.29) is 0 Å². The van der Waals surface area contributed by atoms with Crippen molar-refractivity contribution in [2.75, 3.05) is 0 Å². The van der Waals surface area contributed by atoms with E-state index in [2.05, 4.69) is 36.3 Å². The third-order valence-corrected chi connectivity index (χ3v) is 2.51. The van der Waals surface area contributed by atoms with E-state index in [1.807, 2.05) is 29.2 Å². The van der Waals surface area contributed by atoms with Crippen LogP contribution in [0.4, 0.5) is 0 Å². The minimum absolute atomic E-state index is 0.318. The van der Waals surface area contributed by atoms with E-state index in [9.17, 15) is 0 Å². The molecule has 2 aromatic rings. The highest BCUT2D eigenvalue weighted by molar-refractivity contribution is 5.19. The Hall–Kier alpha value is -1.57. The lowest BCUT2D eigenvalue weighted by Crippen LogP contribution is -2.10. The summed E-state index contributed by atoms with van der Waals surface area (Å²) >= 11 is 0. The molecule has 0 fully saturated rings. The zero-order valence-electron chi connectivity index (χ0n) is 8.71. The molecule has 0 saturated carbocycles. The molecule has 1 unspecified atom stereocenters. The minimum atomic E-state index is 0.318. The van der Waals surface area contributed by atoms with E-state index in [0.717, 1.165) is 12.8 Å². The van der Waals surface area contributed by atoms with Gasteiger partial charge in [-0.25, -0.2) is 0 Å². The maximum Gasteiger partial charge on any atom is 0.0768 e. The molecule has 1 aromatic heterocycles. The Morgan fingerprint density at radius 2 is 2.00 bits per heavy atom. The minimum Gasteiger partial charge on any atom is -0.265 e. The van der Waals surface area contributed by atoms with Crippen LogP contribution in [0.5, 0.6) is 0 Å². The first kappa shape index (κ1) is 9.97. The van der Waals surface area contributed by atoms with Crippen molar-refractivity contribution in [3.63, 3.8) is 0 Å². The topological polar surface area (TPSA) is 17.8 Å². The number of hydrogen-bond acceptors (Lipinski definition) is 1. The van der Waals surface area contributed by atoms with Crippen LogP contribution in [-0.4, -0.2) is 9.78 Å². The van der Waals surface area contributed by atoms with Crippen LogP contribution in [0.1, 0.15) is 24.4 Å². The standard InChI is InChI=1S/C13H15N2/c1-2-7-13(15-11-6-10-14-15)12-8-4-3-5-9-12/h3-6,8-11,13H,1-2,7H2. The molecular formula is C13H15N2. The summed E-state index contributed by atoms with van der Waals surface area (Å²) in [5, 5.41) is 4.30. The van der Waals surface area contributed by atoms with Crippen LogP contribution in [0, 0.1) is 6.92 Å². The van der Waals surface area contributed by atoms with Gasteiger partial charge < -0.3 is 0 Å². The van der Waals surface area contributed by atoms with Gasteiger partial charge in [0.2, 0.25) is 0 Å². The molecule has 2 rings (SSSR count). The molecule has 1 radical (unpaired) electrons. The highest BCUT2D eigenvalue weighted by Crippen LogP contribution is 2.21. The summed E-state index contributed by atoms with van der Waals surface area (Å²) in [4.78, 5) is 0. The zero-order chi connectivity index (χ0) is 10.5. The van der Waals surface area contributed by atoms with Gasteiger partial charge in [-0.2, -0.15) is 5.10 Å². The first-order valence-electron chi connectivity index (χ1n) is 5.25. The van der Waals surface area contributed by atoms with Crippen LogP contribution in [0.2, 0.25) is 0 Å². The summed E-state index contributed by atoms with van der Waals surface area (Å²) in [6, 6.07) is 12.7. The van der Waals surface area contributed by atoms with Crippen molar-refractivity contribution in [3.05, 3.63) is 61.3 Å². The third kappa shape index (κ3) is 2.27. The molecule has 77 valence electrons. The molecule has 0 aliphatic heterocycles. The summed E-state index contributed by atoms with van der Waals surface area (Å²) in [5.74, 6) is 0. The number of benzene rings is 1. The first-order chi connectivity index (χ1) is 7.42. The summed E-state index contributed by atoms with van der Waals surface area (Å²) in [5.41, 5.74) is 1.30. The number of nitrogens with zero attached hydrogens (tertiary/aromatic N) is 2. The molecule has 1 aromatic carbocycles. The molecule has 0 bridgehead atoms. The van der Waals surface area contributed by atoms with E-state index in [1.54, 1.807) is 0 Å². The fourth-order valence-electron chi connectivity index (χ4n) is 1.79. The smallest absolute Gasteiger partial charge is 0.0768 e. The Bertz CT molecular complexity index is 378. The van der Waals surface area contributed by atoms with Gasteiger partial charge in [0.05, 0.1) is 6.04 Å². The monoisotopic (exact) mass is 199 g/mol. The van der Waals surface area contributed by atoms with Gasteiger partial charge in [-0.15, -0.1) is 0 Å². The van der Waals surface area contributed by atoms with Crippen LogP contribution in [0.25, 0.3) is 0 Å². The van der Waals surface area contributed by atoms with Gasteiger partial charge in [0.15, 0.2) is 0 Å². The SMILES string of the molecule is [CH2]CCC(c1ccccc1)n1cccn1. The number of aromatic nitrogens is 2. The van der Waals surface area contributed by atoms with Gasteiger partial charge in [0.25, 0.3) is 0 Å². The van der Waals surface area contributed by atoms with Crippen molar-refractivity contribution in [3.8, 4) is 0 Å². The zero-order valence-corrected chi connectivity index (χ0v) is 8.71.